The Hall–Kier alpha value is -2.41. The van der Waals surface area contributed by atoms with E-state index < -0.39 is 12.0 Å². The van der Waals surface area contributed by atoms with Crippen molar-refractivity contribution in [3.63, 3.8) is 0 Å². The number of hydrogen-bond acceptors (Lipinski definition) is 5. The molecule has 7 heteroatoms. The molecule has 1 atom stereocenters. The molecule has 116 valence electrons. The molecule has 1 aromatic heterocycles. The molecule has 0 bridgehead atoms. The van der Waals surface area contributed by atoms with Crippen LogP contribution in [0.4, 0.5) is 0 Å². The number of benzene rings is 1. The van der Waals surface area contributed by atoms with Crippen molar-refractivity contribution in [2.45, 2.75) is 19.4 Å². The molecule has 1 aromatic carbocycles. The minimum Gasteiger partial charge on any atom is -0.497 e. The number of thiazole rings is 1. The van der Waals surface area contributed by atoms with Gasteiger partial charge < -0.3 is 15.2 Å². The lowest BCUT2D eigenvalue weighted by Crippen LogP contribution is -2.39. The van der Waals surface area contributed by atoms with E-state index in [0.717, 1.165) is 16.3 Å². The Morgan fingerprint density at radius 2 is 2.05 bits per heavy atom. The highest BCUT2D eigenvalue weighted by atomic mass is 32.1. The maximum atomic E-state index is 11.7. The van der Waals surface area contributed by atoms with Crippen molar-refractivity contribution in [3.8, 4) is 16.3 Å². The SMILES string of the molecule is COc1ccc(-c2nc(CC(=O)N[C@@H](C)C(=O)O)cs2)cc1. The fraction of sp³-hybridized carbons (Fsp3) is 0.267. The number of carboxylic acids is 1. The van der Waals surface area contributed by atoms with E-state index in [0.29, 0.717) is 5.69 Å². The number of methoxy groups -OCH3 is 1. The molecule has 1 heterocycles. The predicted molar refractivity (Wildman–Crippen MR) is 83.0 cm³/mol. The number of rotatable bonds is 6. The molecule has 22 heavy (non-hydrogen) atoms. The largest absolute Gasteiger partial charge is 0.497 e. The summed E-state index contributed by atoms with van der Waals surface area (Å²) in [4.78, 5) is 26.8. The Labute approximate surface area is 131 Å². The molecule has 0 radical (unpaired) electrons. The Bertz CT molecular complexity index is 666. The zero-order chi connectivity index (χ0) is 16.1. The first-order valence-corrected chi connectivity index (χ1v) is 7.48. The Morgan fingerprint density at radius 1 is 1.36 bits per heavy atom. The van der Waals surface area contributed by atoms with Gasteiger partial charge in [-0.1, -0.05) is 0 Å². The van der Waals surface area contributed by atoms with Crippen molar-refractivity contribution in [3.05, 3.63) is 35.3 Å². The first-order valence-electron chi connectivity index (χ1n) is 6.60. The molecule has 0 saturated carbocycles. The van der Waals surface area contributed by atoms with Crippen LogP contribution in [0.3, 0.4) is 0 Å². The predicted octanol–water partition coefficient (Wildman–Crippen LogP) is 1.95. The van der Waals surface area contributed by atoms with Crippen molar-refractivity contribution in [1.82, 2.24) is 10.3 Å². The van der Waals surface area contributed by atoms with Crippen LogP contribution in [-0.4, -0.2) is 35.1 Å². The highest BCUT2D eigenvalue weighted by molar-refractivity contribution is 7.13. The summed E-state index contributed by atoms with van der Waals surface area (Å²) in [5.74, 6) is -0.658. The first kappa shape index (κ1) is 16.0. The van der Waals surface area contributed by atoms with Crippen LogP contribution in [0.2, 0.25) is 0 Å². The van der Waals surface area contributed by atoms with E-state index in [1.807, 2.05) is 24.3 Å². The Kier molecular flexibility index (Phi) is 5.11. The molecular formula is C15H16N2O4S. The average molecular weight is 320 g/mol. The van der Waals surface area contributed by atoms with Crippen molar-refractivity contribution < 1.29 is 19.4 Å². The van der Waals surface area contributed by atoms with Crippen LogP contribution >= 0.6 is 11.3 Å². The molecule has 1 amide bonds. The number of hydrogen-bond donors (Lipinski definition) is 2. The summed E-state index contributed by atoms with van der Waals surface area (Å²) in [5, 5.41) is 13.8. The average Bonchev–Trinajstić information content (AvgIpc) is 2.95. The van der Waals surface area contributed by atoms with Gasteiger partial charge in [-0.05, 0) is 31.2 Å². The number of aromatic nitrogens is 1. The number of nitrogens with one attached hydrogen (secondary N) is 1. The molecule has 0 aliphatic carbocycles. The molecule has 0 spiro atoms. The lowest BCUT2D eigenvalue weighted by molar-refractivity contribution is -0.141. The summed E-state index contributed by atoms with van der Waals surface area (Å²) in [7, 11) is 1.60. The number of aliphatic carboxylic acids is 1. The van der Waals surface area contributed by atoms with Crippen LogP contribution in [-0.2, 0) is 16.0 Å². The van der Waals surface area contributed by atoms with Crippen LogP contribution in [0.25, 0.3) is 10.6 Å². The smallest absolute Gasteiger partial charge is 0.325 e. The number of ether oxygens (including phenoxy) is 1. The van der Waals surface area contributed by atoms with Gasteiger partial charge in [0, 0.05) is 10.9 Å². The van der Waals surface area contributed by atoms with E-state index >= 15 is 0 Å². The topological polar surface area (TPSA) is 88.5 Å². The summed E-state index contributed by atoms with van der Waals surface area (Å²) in [6.45, 7) is 1.42. The monoisotopic (exact) mass is 320 g/mol. The minimum atomic E-state index is -1.06. The highest BCUT2D eigenvalue weighted by Crippen LogP contribution is 2.25. The van der Waals surface area contributed by atoms with Gasteiger partial charge in [0.25, 0.3) is 0 Å². The van der Waals surface area contributed by atoms with Gasteiger partial charge in [-0.25, -0.2) is 4.98 Å². The number of carbonyl (C=O) groups excluding carboxylic acids is 1. The van der Waals surface area contributed by atoms with Crippen LogP contribution in [0.1, 0.15) is 12.6 Å². The molecule has 2 N–H and O–H groups in total. The van der Waals surface area contributed by atoms with Gasteiger partial charge in [0.15, 0.2) is 0 Å². The quantitative estimate of drug-likeness (QED) is 0.849. The van der Waals surface area contributed by atoms with Gasteiger partial charge in [-0.3, -0.25) is 9.59 Å². The maximum absolute atomic E-state index is 11.7. The summed E-state index contributed by atoms with van der Waals surface area (Å²) in [6, 6.07) is 6.57. The standard InChI is InChI=1S/C15H16N2O4S/c1-9(15(19)20)16-13(18)7-11-8-22-14(17-11)10-3-5-12(21-2)6-4-10/h3-6,8-9H,7H2,1-2H3,(H,16,18)(H,19,20)/t9-/m0/s1. The maximum Gasteiger partial charge on any atom is 0.325 e. The highest BCUT2D eigenvalue weighted by Gasteiger charge is 2.15. The van der Waals surface area contributed by atoms with Gasteiger partial charge in [0.05, 0.1) is 19.2 Å². The van der Waals surface area contributed by atoms with Crippen molar-refractivity contribution in [2.75, 3.05) is 7.11 Å². The first-order chi connectivity index (χ1) is 10.5. The fourth-order valence-corrected chi connectivity index (χ4v) is 2.60. The van der Waals surface area contributed by atoms with Crippen molar-refractivity contribution in [1.29, 1.82) is 0 Å². The van der Waals surface area contributed by atoms with Crippen molar-refractivity contribution in [2.24, 2.45) is 0 Å². The van der Waals surface area contributed by atoms with E-state index in [2.05, 4.69) is 10.3 Å². The zero-order valence-electron chi connectivity index (χ0n) is 12.2. The molecule has 2 aromatic rings. The van der Waals surface area contributed by atoms with Crippen LogP contribution < -0.4 is 10.1 Å². The van der Waals surface area contributed by atoms with Gasteiger partial charge >= 0.3 is 5.97 Å². The van der Waals surface area contributed by atoms with E-state index in [1.54, 1.807) is 12.5 Å². The minimum absolute atomic E-state index is 0.0598. The van der Waals surface area contributed by atoms with E-state index in [4.69, 9.17) is 9.84 Å². The summed E-state index contributed by atoms with van der Waals surface area (Å²) >= 11 is 1.44. The number of amides is 1. The van der Waals surface area contributed by atoms with E-state index in [-0.39, 0.29) is 12.3 Å². The van der Waals surface area contributed by atoms with Crippen LogP contribution in [0, 0.1) is 0 Å². The van der Waals surface area contributed by atoms with Gasteiger partial charge in [-0.2, -0.15) is 0 Å². The number of carboxylic acid groups (broad SMARTS) is 1. The summed E-state index contributed by atoms with van der Waals surface area (Å²) in [6.07, 6.45) is 0.0598. The van der Waals surface area contributed by atoms with E-state index in [9.17, 15) is 9.59 Å². The van der Waals surface area contributed by atoms with Crippen LogP contribution in [0.5, 0.6) is 5.75 Å². The lowest BCUT2D eigenvalue weighted by Gasteiger charge is -2.07. The molecule has 0 aliphatic heterocycles. The van der Waals surface area contributed by atoms with Crippen LogP contribution in [0.15, 0.2) is 29.6 Å². The zero-order valence-corrected chi connectivity index (χ0v) is 13.0. The van der Waals surface area contributed by atoms with Gasteiger partial charge in [0.1, 0.15) is 16.8 Å². The summed E-state index contributed by atoms with van der Waals surface area (Å²) in [5.41, 5.74) is 1.56. The Balaban J connectivity index is 2.01. The molecule has 0 aliphatic rings. The van der Waals surface area contributed by atoms with Gasteiger partial charge in [-0.15, -0.1) is 11.3 Å². The second kappa shape index (κ2) is 7.04. The number of carbonyl (C=O) groups is 2. The second-order valence-electron chi connectivity index (χ2n) is 4.68. The molecule has 2 rings (SSSR count). The Morgan fingerprint density at radius 3 is 2.64 bits per heavy atom. The van der Waals surface area contributed by atoms with E-state index in [1.165, 1.54) is 18.3 Å². The third-order valence-electron chi connectivity index (χ3n) is 2.98. The summed E-state index contributed by atoms with van der Waals surface area (Å²) < 4.78 is 5.10. The second-order valence-corrected chi connectivity index (χ2v) is 5.53. The molecule has 0 saturated heterocycles. The lowest BCUT2D eigenvalue weighted by atomic mass is 10.2. The van der Waals surface area contributed by atoms with Gasteiger partial charge in [0.2, 0.25) is 5.91 Å². The third-order valence-corrected chi connectivity index (χ3v) is 3.92. The molecule has 0 fully saturated rings. The molecule has 0 unspecified atom stereocenters. The van der Waals surface area contributed by atoms with Crippen molar-refractivity contribution >= 4 is 23.2 Å². The number of nitrogens with zero attached hydrogens (tertiary/aromatic N) is 1. The fourth-order valence-electron chi connectivity index (χ4n) is 1.77. The molecular weight excluding hydrogens is 304 g/mol. The third kappa shape index (κ3) is 4.05. The normalized spacial score (nSPS) is 11.7. The molecule has 6 nitrogen and oxygen atoms in total.